The second-order valence-electron chi connectivity index (χ2n) is 3.95. The summed E-state index contributed by atoms with van der Waals surface area (Å²) >= 11 is 0. The van der Waals surface area contributed by atoms with Crippen molar-refractivity contribution in [1.29, 1.82) is 0 Å². The summed E-state index contributed by atoms with van der Waals surface area (Å²) in [5, 5.41) is 3.83. The zero-order valence-corrected chi connectivity index (χ0v) is 9.04. The van der Waals surface area contributed by atoms with Gasteiger partial charge in [-0.05, 0) is 12.5 Å². The standard InChI is InChI=1S/C10H11N5O2/c11-10(2-5-16-6-10)9-14-8(15-17-9)7-12-3-1-4-13-7/h1,3-4H,2,5-6,11H2. The topological polar surface area (TPSA) is 100.0 Å². The average molecular weight is 233 g/mol. The van der Waals surface area contributed by atoms with Gasteiger partial charge in [0.1, 0.15) is 5.54 Å². The van der Waals surface area contributed by atoms with Crippen molar-refractivity contribution < 1.29 is 9.26 Å². The van der Waals surface area contributed by atoms with Crippen molar-refractivity contribution in [2.45, 2.75) is 12.0 Å². The largest absolute Gasteiger partial charge is 0.379 e. The van der Waals surface area contributed by atoms with Gasteiger partial charge >= 0.3 is 0 Å². The van der Waals surface area contributed by atoms with Gasteiger partial charge in [-0.3, -0.25) is 0 Å². The van der Waals surface area contributed by atoms with Crippen LogP contribution in [0.15, 0.2) is 23.0 Å². The van der Waals surface area contributed by atoms with Gasteiger partial charge in [0, 0.05) is 19.0 Å². The van der Waals surface area contributed by atoms with E-state index in [0.717, 1.165) is 0 Å². The van der Waals surface area contributed by atoms with Crippen LogP contribution in [0.5, 0.6) is 0 Å². The SMILES string of the molecule is NC1(c2nc(-c3ncccn3)no2)CCOC1. The van der Waals surface area contributed by atoms with Crippen molar-refractivity contribution in [3.8, 4) is 11.6 Å². The van der Waals surface area contributed by atoms with E-state index < -0.39 is 5.54 Å². The van der Waals surface area contributed by atoms with Crippen molar-refractivity contribution >= 4 is 0 Å². The molecule has 3 rings (SSSR count). The molecule has 3 heterocycles. The van der Waals surface area contributed by atoms with Crippen LogP contribution in [0.4, 0.5) is 0 Å². The molecule has 0 radical (unpaired) electrons. The number of nitrogens with zero attached hydrogens (tertiary/aromatic N) is 4. The maximum atomic E-state index is 6.11. The fraction of sp³-hybridized carbons (Fsp3) is 0.400. The normalized spacial score (nSPS) is 24.1. The summed E-state index contributed by atoms with van der Waals surface area (Å²) in [6.45, 7) is 1.00. The van der Waals surface area contributed by atoms with E-state index in [0.29, 0.717) is 37.2 Å². The van der Waals surface area contributed by atoms with Gasteiger partial charge < -0.3 is 15.0 Å². The third-order valence-corrected chi connectivity index (χ3v) is 2.67. The van der Waals surface area contributed by atoms with Gasteiger partial charge in [-0.2, -0.15) is 4.98 Å². The van der Waals surface area contributed by atoms with Gasteiger partial charge in [0.05, 0.1) is 6.61 Å². The lowest BCUT2D eigenvalue weighted by Gasteiger charge is -2.14. The Balaban J connectivity index is 1.93. The summed E-state index contributed by atoms with van der Waals surface area (Å²) in [6, 6.07) is 1.72. The number of rotatable bonds is 2. The second-order valence-corrected chi connectivity index (χ2v) is 3.95. The lowest BCUT2D eigenvalue weighted by atomic mass is 10.0. The quantitative estimate of drug-likeness (QED) is 0.785. The smallest absolute Gasteiger partial charge is 0.249 e. The van der Waals surface area contributed by atoms with E-state index in [-0.39, 0.29) is 0 Å². The highest BCUT2D eigenvalue weighted by molar-refractivity contribution is 5.40. The molecule has 1 aliphatic heterocycles. The summed E-state index contributed by atoms with van der Waals surface area (Å²) in [5.41, 5.74) is 5.43. The molecule has 0 bridgehead atoms. The number of hydrogen-bond donors (Lipinski definition) is 1. The highest BCUT2D eigenvalue weighted by Crippen LogP contribution is 2.27. The highest BCUT2D eigenvalue weighted by Gasteiger charge is 2.38. The maximum Gasteiger partial charge on any atom is 0.249 e. The van der Waals surface area contributed by atoms with Crippen molar-refractivity contribution in [3.63, 3.8) is 0 Å². The van der Waals surface area contributed by atoms with Crippen LogP contribution in [0, 0.1) is 0 Å². The molecule has 1 fully saturated rings. The minimum Gasteiger partial charge on any atom is -0.379 e. The summed E-state index contributed by atoms with van der Waals surface area (Å²) in [7, 11) is 0. The maximum absolute atomic E-state index is 6.11. The van der Waals surface area contributed by atoms with Crippen LogP contribution >= 0.6 is 0 Å². The highest BCUT2D eigenvalue weighted by atomic mass is 16.5. The minimum atomic E-state index is -0.681. The Hall–Kier alpha value is -1.86. The molecule has 0 aromatic carbocycles. The van der Waals surface area contributed by atoms with Crippen LogP contribution in [-0.4, -0.2) is 33.3 Å². The van der Waals surface area contributed by atoms with Crippen molar-refractivity contribution in [3.05, 3.63) is 24.4 Å². The molecule has 2 aromatic rings. The van der Waals surface area contributed by atoms with Crippen LogP contribution in [0.1, 0.15) is 12.3 Å². The first-order valence-electron chi connectivity index (χ1n) is 5.26. The molecule has 7 nitrogen and oxygen atoms in total. The minimum absolute atomic E-state index is 0.345. The molecule has 88 valence electrons. The van der Waals surface area contributed by atoms with Crippen molar-refractivity contribution in [2.75, 3.05) is 13.2 Å². The van der Waals surface area contributed by atoms with Gasteiger partial charge in [-0.1, -0.05) is 5.16 Å². The molecule has 1 unspecified atom stereocenters. The molecule has 17 heavy (non-hydrogen) atoms. The number of ether oxygens (including phenoxy) is 1. The molecular weight excluding hydrogens is 222 g/mol. The Bertz CT molecular complexity index is 506. The Kier molecular flexibility index (Phi) is 2.34. The van der Waals surface area contributed by atoms with E-state index in [4.69, 9.17) is 15.0 Å². The molecule has 1 atom stereocenters. The molecule has 2 aromatic heterocycles. The van der Waals surface area contributed by atoms with E-state index in [2.05, 4.69) is 20.1 Å². The fourth-order valence-electron chi connectivity index (χ4n) is 1.68. The average Bonchev–Trinajstić information content (AvgIpc) is 2.99. The van der Waals surface area contributed by atoms with Crippen LogP contribution in [0.3, 0.4) is 0 Å². The Morgan fingerprint density at radius 1 is 1.24 bits per heavy atom. The molecule has 0 aliphatic carbocycles. The van der Waals surface area contributed by atoms with Gasteiger partial charge in [0.25, 0.3) is 0 Å². The van der Waals surface area contributed by atoms with Crippen molar-refractivity contribution in [2.24, 2.45) is 5.73 Å². The predicted molar refractivity (Wildman–Crippen MR) is 56.6 cm³/mol. The van der Waals surface area contributed by atoms with Crippen LogP contribution in [-0.2, 0) is 10.3 Å². The first-order chi connectivity index (χ1) is 8.28. The summed E-state index contributed by atoms with van der Waals surface area (Å²) in [4.78, 5) is 12.3. The molecule has 0 spiro atoms. The predicted octanol–water partition coefficient (Wildman–Crippen LogP) is 0.101. The van der Waals surface area contributed by atoms with Crippen molar-refractivity contribution in [1.82, 2.24) is 20.1 Å². The first-order valence-corrected chi connectivity index (χ1v) is 5.26. The fourth-order valence-corrected chi connectivity index (χ4v) is 1.68. The zero-order valence-electron chi connectivity index (χ0n) is 9.04. The molecule has 0 saturated carbocycles. The first kappa shape index (κ1) is 10.3. The van der Waals surface area contributed by atoms with Gasteiger partial charge in [-0.25, -0.2) is 9.97 Å². The third kappa shape index (κ3) is 1.79. The summed E-state index contributed by atoms with van der Waals surface area (Å²) in [6.07, 6.45) is 3.91. The third-order valence-electron chi connectivity index (χ3n) is 2.67. The molecule has 7 heteroatoms. The van der Waals surface area contributed by atoms with E-state index in [1.165, 1.54) is 0 Å². The second kappa shape index (κ2) is 3.86. The lowest BCUT2D eigenvalue weighted by Crippen LogP contribution is -2.37. The number of aromatic nitrogens is 4. The summed E-state index contributed by atoms with van der Waals surface area (Å²) in [5.74, 6) is 1.14. The zero-order chi connectivity index (χ0) is 11.7. The van der Waals surface area contributed by atoms with E-state index in [9.17, 15) is 0 Å². The van der Waals surface area contributed by atoms with E-state index in [1.54, 1.807) is 18.5 Å². The Morgan fingerprint density at radius 3 is 2.76 bits per heavy atom. The number of hydrogen-bond acceptors (Lipinski definition) is 7. The molecule has 0 amide bonds. The van der Waals surface area contributed by atoms with Gasteiger partial charge in [-0.15, -0.1) is 0 Å². The van der Waals surface area contributed by atoms with Crippen LogP contribution in [0.2, 0.25) is 0 Å². The molecular formula is C10H11N5O2. The lowest BCUT2D eigenvalue weighted by molar-refractivity contribution is 0.166. The number of nitrogens with two attached hydrogens (primary N) is 1. The van der Waals surface area contributed by atoms with Crippen LogP contribution < -0.4 is 5.73 Å². The van der Waals surface area contributed by atoms with E-state index >= 15 is 0 Å². The Morgan fingerprint density at radius 2 is 2.06 bits per heavy atom. The Labute approximate surface area is 97.0 Å². The van der Waals surface area contributed by atoms with Gasteiger partial charge in [0.15, 0.2) is 0 Å². The molecule has 2 N–H and O–H groups in total. The molecule has 1 saturated heterocycles. The molecule has 1 aliphatic rings. The van der Waals surface area contributed by atoms with Gasteiger partial charge in [0.2, 0.25) is 17.5 Å². The summed E-state index contributed by atoms with van der Waals surface area (Å²) < 4.78 is 10.4. The van der Waals surface area contributed by atoms with Crippen LogP contribution in [0.25, 0.3) is 11.6 Å². The van der Waals surface area contributed by atoms with E-state index in [1.807, 2.05) is 0 Å². The monoisotopic (exact) mass is 233 g/mol.